The van der Waals surface area contributed by atoms with Gasteiger partial charge in [0.25, 0.3) is 5.91 Å². The van der Waals surface area contributed by atoms with Gasteiger partial charge in [0.05, 0.1) is 19.9 Å². The lowest BCUT2D eigenvalue weighted by molar-refractivity contribution is -0.148. The van der Waals surface area contributed by atoms with Crippen molar-refractivity contribution in [1.29, 1.82) is 5.26 Å². The predicted molar refractivity (Wildman–Crippen MR) is 138 cm³/mol. The molecule has 188 valence electrons. The van der Waals surface area contributed by atoms with Crippen molar-refractivity contribution in [1.82, 2.24) is 0 Å². The maximum atomic E-state index is 12.8. The summed E-state index contributed by atoms with van der Waals surface area (Å²) in [7, 11) is 2.97. The van der Waals surface area contributed by atoms with Crippen LogP contribution in [0.4, 0.5) is 5.69 Å². The van der Waals surface area contributed by atoms with E-state index in [2.05, 4.69) is 5.32 Å². The van der Waals surface area contributed by atoms with Crippen LogP contribution in [0.15, 0.2) is 65.1 Å². The first-order chi connectivity index (χ1) is 17.9. The van der Waals surface area contributed by atoms with Crippen LogP contribution in [0.3, 0.4) is 0 Å². The van der Waals surface area contributed by atoms with Gasteiger partial charge in [0, 0.05) is 22.9 Å². The van der Waals surface area contributed by atoms with Crippen molar-refractivity contribution < 1.29 is 33.0 Å². The number of hydrogen-bond donors (Lipinski definition) is 1. The monoisotopic (exact) mass is 500 g/mol. The van der Waals surface area contributed by atoms with Gasteiger partial charge in [-0.3, -0.25) is 4.79 Å². The van der Waals surface area contributed by atoms with Crippen molar-refractivity contribution in [3.05, 3.63) is 66.2 Å². The fraction of sp³-hybridized carbons (Fsp3) is 0.179. The van der Waals surface area contributed by atoms with Crippen LogP contribution in [-0.4, -0.2) is 38.8 Å². The molecule has 1 aromatic heterocycles. The zero-order chi connectivity index (χ0) is 26.4. The van der Waals surface area contributed by atoms with Crippen LogP contribution in [0.2, 0.25) is 0 Å². The minimum Gasteiger partial charge on any atom is -0.495 e. The standard InChI is InChI=1S/C28H24N2O7/c1-17(36-27(31)11-9-18-8-10-23(35-13-12-29)26(14-18)34-3)28(32)30-21-16-24-20(15-25(21)33-2)19-6-4-5-7-22(19)37-24/h4-11,14-17H,13H2,1-3H3,(H,30,32)/b11-9+/t17-/m0/s1. The second kappa shape index (κ2) is 11.2. The number of para-hydroxylation sites is 1. The zero-order valence-electron chi connectivity index (χ0n) is 20.4. The van der Waals surface area contributed by atoms with Crippen LogP contribution in [-0.2, 0) is 14.3 Å². The molecule has 1 heterocycles. The van der Waals surface area contributed by atoms with Gasteiger partial charge < -0.3 is 28.7 Å². The summed E-state index contributed by atoms with van der Waals surface area (Å²) in [5.41, 5.74) is 2.34. The van der Waals surface area contributed by atoms with E-state index in [-0.39, 0.29) is 6.61 Å². The average molecular weight is 501 g/mol. The molecular weight excluding hydrogens is 476 g/mol. The van der Waals surface area contributed by atoms with E-state index >= 15 is 0 Å². The van der Waals surface area contributed by atoms with Crippen LogP contribution in [0.5, 0.6) is 17.2 Å². The number of carbonyl (C=O) groups excluding carboxylic acids is 2. The highest BCUT2D eigenvalue weighted by molar-refractivity contribution is 6.08. The Kier molecular flexibility index (Phi) is 7.59. The number of rotatable bonds is 9. The van der Waals surface area contributed by atoms with Crippen LogP contribution in [0, 0.1) is 11.3 Å². The number of nitrogens with one attached hydrogen (secondary N) is 1. The first-order valence-electron chi connectivity index (χ1n) is 11.3. The van der Waals surface area contributed by atoms with Crippen LogP contribution in [0.25, 0.3) is 28.0 Å². The molecule has 3 aromatic carbocycles. The third kappa shape index (κ3) is 5.65. The molecule has 0 aliphatic heterocycles. The summed E-state index contributed by atoms with van der Waals surface area (Å²) >= 11 is 0. The second-order valence-corrected chi connectivity index (χ2v) is 7.91. The largest absolute Gasteiger partial charge is 0.495 e. The molecule has 0 bridgehead atoms. The number of hydrogen-bond acceptors (Lipinski definition) is 8. The van der Waals surface area contributed by atoms with Gasteiger partial charge in [0.1, 0.15) is 23.0 Å². The Morgan fingerprint density at radius 3 is 2.54 bits per heavy atom. The van der Waals surface area contributed by atoms with E-state index in [1.54, 1.807) is 30.3 Å². The molecule has 4 aromatic rings. The summed E-state index contributed by atoms with van der Waals surface area (Å²) in [4.78, 5) is 25.1. The molecular formula is C28H24N2O7. The quantitative estimate of drug-likeness (QED) is 0.249. The van der Waals surface area contributed by atoms with Gasteiger partial charge in [0.2, 0.25) is 0 Å². The average Bonchev–Trinajstić information content (AvgIpc) is 3.27. The van der Waals surface area contributed by atoms with E-state index in [9.17, 15) is 9.59 Å². The predicted octanol–water partition coefficient (Wildman–Crippen LogP) is 5.09. The normalized spacial score (nSPS) is 11.7. The molecule has 0 aliphatic rings. The maximum absolute atomic E-state index is 12.8. The van der Waals surface area contributed by atoms with Crippen molar-refractivity contribution in [2.45, 2.75) is 13.0 Å². The summed E-state index contributed by atoms with van der Waals surface area (Å²) in [6.07, 6.45) is 1.64. The molecule has 4 rings (SSSR count). The third-order valence-electron chi connectivity index (χ3n) is 5.51. The van der Waals surface area contributed by atoms with E-state index < -0.39 is 18.0 Å². The second-order valence-electron chi connectivity index (χ2n) is 7.91. The van der Waals surface area contributed by atoms with Crippen molar-refractivity contribution in [3.8, 4) is 23.3 Å². The Bertz CT molecular complexity index is 1530. The minimum absolute atomic E-state index is 0.115. The number of nitriles is 1. The lowest BCUT2D eigenvalue weighted by Crippen LogP contribution is -2.29. The van der Waals surface area contributed by atoms with Gasteiger partial charge in [-0.25, -0.2) is 4.79 Å². The van der Waals surface area contributed by atoms with E-state index in [0.717, 1.165) is 16.4 Å². The summed E-state index contributed by atoms with van der Waals surface area (Å²) in [5, 5.41) is 13.2. The number of fused-ring (bicyclic) bond motifs is 3. The molecule has 0 spiro atoms. The Morgan fingerprint density at radius 2 is 1.78 bits per heavy atom. The fourth-order valence-corrected chi connectivity index (χ4v) is 3.70. The Hall–Kier alpha value is -4.97. The molecule has 0 aliphatic carbocycles. The highest BCUT2D eigenvalue weighted by Crippen LogP contribution is 2.36. The maximum Gasteiger partial charge on any atom is 0.331 e. The number of nitrogens with zero attached hydrogens (tertiary/aromatic N) is 1. The van der Waals surface area contributed by atoms with E-state index in [1.165, 1.54) is 33.3 Å². The number of amides is 1. The summed E-state index contributed by atoms with van der Waals surface area (Å²) in [6.45, 7) is 1.35. The smallest absolute Gasteiger partial charge is 0.331 e. The molecule has 9 heteroatoms. The number of anilines is 1. The van der Waals surface area contributed by atoms with E-state index in [4.69, 9.17) is 28.6 Å². The lowest BCUT2D eigenvalue weighted by atomic mass is 10.1. The van der Waals surface area contributed by atoms with E-state index in [1.807, 2.05) is 30.3 Å². The first-order valence-corrected chi connectivity index (χ1v) is 11.3. The number of methoxy groups -OCH3 is 2. The molecule has 0 saturated carbocycles. The molecule has 0 saturated heterocycles. The molecule has 0 radical (unpaired) electrons. The Morgan fingerprint density at radius 1 is 1.00 bits per heavy atom. The molecule has 1 atom stereocenters. The van der Waals surface area contributed by atoms with Crippen molar-refractivity contribution >= 4 is 45.6 Å². The SMILES string of the molecule is COc1cc2c(cc1NC(=O)[C@H](C)OC(=O)/C=C/c1ccc(OCC#N)c(OC)c1)oc1ccccc12. The van der Waals surface area contributed by atoms with E-state index in [0.29, 0.717) is 34.1 Å². The first kappa shape index (κ1) is 25.1. The topological polar surface area (TPSA) is 120 Å². The Labute approximate surface area is 212 Å². The van der Waals surface area contributed by atoms with Crippen LogP contribution in [0.1, 0.15) is 12.5 Å². The highest BCUT2D eigenvalue weighted by atomic mass is 16.5. The zero-order valence-corrected chi connectivity index (χ0v) is 20.4. The summed E-state index contributed by atoms with van der Waals surface area (Å²) in [5.74, 6) is 0.0310. The molecule has 1 N–H and O–H groups in total. The molecule has 0 fully saturated rings. The minimum atomic E-state index is -1.08. The van der Waals surface area contributed by atoms with Crippen molar-refractivity contribution in [3.63, 3.8) is 0 Å². The molecule has 9 nitrogen and oxygen atoms in total. The third-order valence-corrected chi connectivity index (χ3v) is 5.51. The fourth-order valence-electron chi connectivity index (χ4n) is 3.70. The van der Waals surface area contributed by atoms with Crippen LogP contribution < -0.4 is 19.5 Å². The lowest BCUT2D eigenvalue weighted by Gasteiger charge is -2.14. The van der Waals surface area contributed by atoms with Crippen LogP contribution >= 0.6 is 0 Å². The van der Waals surface area contributed by atoms with Gasteiger partial charge >= 0.3 is 5.97 Å². The van der Waals surface area contributed by atoms with Crippen molar-refractivity contribution in [2.75, 3.05) is 26.1 Å². The highest BCUT2D eigenvalue weighted by Gasteiger charge is 2.20. The summed E-state index contributed by atoms with van der Waals surface area (Å²) in [6, 6.07) is 17.9. The Balaban J connectivity index is 1.42. The number of furan rings is 1. The van der Waals surface area contributed by atoms with Crippen molar-refractivity contribution in [2.24, 2.45) is 0 Å². The molecule has 0 unspecified atom stereocenters. The van der Waals surface area contributed by atoms with Gasteiger partial charge in [0.15, 0.2) is 24.2 Å². The van der Waals surface area contributed by atoms with Gasteiger partial charge in [-0.15, -0.1) is 0 Å². The number of esters is 1. The number of benzene rings is 3. The molecule has 37 heavy (non-hydrogen) atoms. The number of ether oxygens (including phenoxy) is 4. The summed E-state index contributed by atoms with van der Waals surface area (Å²) < 4.78 is 27.1. The van der Waals surface area contributed by atoms with Gasteiger partial charge in [-0.1, -0.05) is 24.3 Å². The number of carbonyl (C=O) groups is 2. The molecule has 1 amide bonds. The van der Waals surface area contributed by atoms with Gasteiger partial charge in [-0.2, -0.15) is 5.26 Å². The van der Waals surface area contributed by atoms with Gasteiger partial charge in [-0.05, 0) is 42.8 Å².